The summed E-state index contributed by atoms with van der Waals surface area (Å²) >= 11 is 0. The Morgan fingerprint density at radius 1 is 0.962 bits per heavy atom. The van der Waals surface area contributed by atoms with E-state index in [4.69, 9.17) is 4.74 Å². The Hall–Kier alpha value is -3.02. The van der Waals surface area contributed by atoms with Crippen molar-refractivity contribution in [2.24, 2.45) is 0 Å². The molecule has 0 radical (unpaired) electrons. The lowest BCUT2D eigenvalue weighted by Crippen LogP contribution is -2.32. The van der Waals surface area contributed by atoms with Crippen LogP contribution >= 0.6 is 0 Å². The largest absolute Gasteiger partial charge is 0.497 e. The fourth-order valence-electron chi connectivity index (χ4n) is 2.37. The van der Waals surface area contributed by atoms with Crippen LogP contribution in [0.3, 0.4) is 0 Å². The molecule has 0 heterocycles. The monoisotopic (exact) mass is 355 g/mol. The molecule has 138 valence electrons. The first-order valence-electron chi connectivity index (χ1n) is 8.45. The first-order chi connectivity index (χ1) is 12.5. The summed E-state index contributed by atoms with van der Waals surface area (Å²) in [6, 6.07) is 15.1. The SMILES string of the molecule is COc1ccc(CCC(=O)NCC(=O)Nc2ccc(N(C)C)cc2)cc1. The molecule has 0 spiro atoms. The molecule has 0 fully saturated rings. The maximum atomic E-state index is 11.9. The van der Waals surface area contributed by atoms with Crippen LogP contribution in [-0.4, -0.2) is 39.6 Å². The Kier molecular flexibility index (Phi) is 7.02. The van der Waals surface area contributed by atoms with Gasteiger partial charge in [0.1, 0.15) is 5.75 Å². The number of amides is 2. The zero-order chi connectivity index (χ0) is 18.9. The molecule has 2 N–H and O–H groups in total. The minimum atomic E-state index is -0.250. The van der Waals surface area contributed by atoms with Gasteiger partial charge in [0.15, 0.2) is 0 Å². The Morgan fingerprint density at radius 3 is 2.19 bits per heavy atom. The van der Waals surface area contributed by atoms with Gasteiger partial charge in [-0.1, -0.05) is 12.1 Å². The van der Waals surface area contributed by atoms with Crippen LogP contribution in [0.5, 0.6) is 5.75 Å². The van der Waals surface area contributed by atoms with Gasteiger partial charge in [-0.25, -0.2) is 0 Å². The number of ether oxygens (including phenoxy) is 1. The molecule has 0 saturated heterocycles. The fraction of sp³-hybridized carbons (Fsp3) is 0.300. The van der Waals surface area contributed by atoms with Crippen molar-refractivity contribution in [2.45, 2.75) is 12.8 Å². The van der Waals surface area contributed by atoms with E-state index in [-0.39, 0.29) is 18.4 Å². The number of hydrogen-bond acceptors (Lipinski definition) is 4. The first kappa shape index (κ1) is 19.3. The second kappa shape index (κ2) is 9.46. The minimum Gasteiger partial charge on any atom is -0.497 e. The number of carbonyl (C=O) groups excluding carboxylic acids is 2. The molecule has 0 aromatic heterocycles. The lowest BCUT2D eigenvalue weighted by atomic mass is 10.1. The van der Waals surface area contributed by atoms with Crippen molar-refractivity contribution in [1.29, 1.82) is 0 Å². The number of methoxy groups -OCH3 is 1. The van der Waals surface area contributed by atoms with E-state index in [1.807, 2.05) is 67.5 Å². The molecular formula is C20H25N3O3. The molecule has 2 aromatic rings. The van der Waals surface area contributed by atoms with Crippen molar-refractivity contribution in [2.75, 3.05) is 38.0 Å². The first-order valence-corrected chi connectivity index (χ1v) is 8.45. The highest BCUT2D eigenvalue weighted by atomic mass is 16.5. The molecule has 26 heavy (non-hydrogen) atoms. The second-order valence-electron chi connectivity index (χ2n) is 6.11. The average molecular weight is 355 g/mol. The van der Waals surface area contributed by atoms with Crippen molar-refractivity contribution in [1.82, 2.24) is 5.32 Å². The van der Waals surface area contributed by atoms with Crippen molar-refractivity contribution in [3.63, 3.8) is 0 Å². The molecule has 6 heteroatoms. The highest BCUT2D eigenvalue weighted by Crippen LogP contribution is 2.15. The van der Waals surface area contributed by atoms with Crippen LogP contribution in [0.4, 0.5) is 11.4 Å². The van der Waals surface area contributed by atoms with Gasteiger partial charge in [0.2, 0.25) is 11.8 Å². The summed E-state index contributed by atoms with van der Waals surface area (Å²) in [6.45, 7) is -0.0448. The zero-order valence-corrected chi connectivity index (χ0v) is 15.4. The maximum Gasteiger partial charge on any atom is 0.243 e. The highest BCUT2D eigenvalue weighted by Gasteiger charge is 2.07. The maximum absolute atomic E-state index is 11.9. The predicted octanol–water partition coefficient (Wildman–Crippen LogP) is 2.45. The second-order valence-corrected chi connectivity index (χ2v) is 6.11. The molecular weight excluding hydrogens is 330 g/mol. The van der Waals surface area contributed by atoms with Gasteiger partial charge in [0.25, 0.3) is 0 Å². The number of hydrogen-bond donors (Lipinski definition) is 2. The topological polar surface area (TPSA) is 70.7 Å². The van der Waals surface area contributed by atoms with E-state index in [0.717, 1.165) is 17.0 Å². The fourth-order valence-corrected chi connectivity index (χ4v) is 2.37. The van der Waals surface area contributed by atoms with E-state index in [2.05, 4.69) is 10.6 Å². The van der Waals surface area contributed by atoms with Crippen LogP contribution in [0.2, 0.25) is 0 Å². The van der Waals surface area contributed by atoms with Crippen LogP contribution in [0.25, 0.3) is 0 Å². The Balaban J connectivity index is 1.71. The third-order valence-corrected chi connectivity index (χ3v) is 3.91. The van der Waals surface area contributed by atoms with Gasteiger partial charge in [0.05, 0.1) is 13.7 Å². The quantitative estimate of drug-likeness (QED) is 0.763. The third kappa shape index (κ3) is 6.12. The standard InChI is InChI=1S/C20H25N3O3/c1-23(2)17-9-7-16(8-10-17)22-20(25)14-21-19(24)13-6-15-4-11-18(26-3)12-5-15/h4-5,7-12H,6,13-14H2,1-3H3,(H,21,24)(H,22,25). The molecule has 2 amide bonds. The Bertz CT molecular complexity index is 725. The predicted molar refractivity (Wildman–Crippen MR) is 104 cm³/mol. The van der Waals surface area contributed by atoms with E-state index in [0.29, 0.717) is 18.5 Å². The van der Waals surface area contributed by atoms with Gasteiger partial charge in [-0.3, -0.25) is 9.59 Å². The van der Waals surface area contributed by atoms with Crippen LogP contribution < -0.4 is 20.3 Å². The Morgan fingerprint density at radius 2 is 1.62 bits per heavy atom. The van der Waals surface area contributed by atoms with Crippen molar-refractivity contribution in [3.05, 3.63) is 54.1 Å². The molecule has 0 aliphatic heterocycles. The smallest absolute Gasteiger partial charge is 0.243 e. The molecule has 2 aromatic carbocycles. The number of aryl methyl sites for hydroxylation is 1. The van der Waals surface area contributed by atoms with Crippen molar-refractivity contribution >= 4 is 23.2 Å². The van der Waals surface area contributed by atoms with Crippen LogP contribution in [-0.2, 0) is 16.0 Å². The summed E-state index contributed by atoms with van der Waals surface area (Å²) in [6.07, 6.45) is 0.945. The van der Waals surface area contributed by atoms with Crippen molar-refractivity contribution < 1.29 is 14.3 Å². The van der Waals surface area contributed by atoms with E-state index < -0.39 is 0 Å². The number of nitrogens with zero attached hydrogens (tertiary/aromatic N) is 1. The van der Waals surface area contributed by atoms with Gasteiger partial charge in [0, 0.05) is 31.9 Å². The lowest BCUT2D eigenvalue weighted by molar-refractivity contribution is -0.124. The molecule has 0 atom stereocenters. The molecule has 0 saturated carbocycles. The van der Waals surface area contributed by atoms with Gasteiger partial charge >= 0.3 is 0 Å². The molecule has 2 rings (SSSR count). The third-order valence-electron chi connectivity index (χ3n) is 3.91. The van der Waals surface area contributed by atoms with Crippen molar-refractivity contribution in [3.8, 4) is 5.75 Å². The summed E-state index contributed by atoms with van der Waals surface area (Å²) in [4.78, 5) is 25.8. The summed E-state index contributed by atoms with van der Waals surface area (Å²) < 4.78 is 5.10. The number of rotatable bonds is 8. The van der Waals surface area contributed by atoms with E-state index >= 15 is 0 Å². The minimum absolute atomic E-state index is 0.0448. The number of anilines is 2. The van der Waals surface area contributed by atoms with Crippen LogP contribution in [0.1, 0.15) is 12.0 Å². The molecule has 0 unspecified atom stereocenters. The van der Waals surface area contributed by atoms with Crippen LogP contribution in [0.15, 0.2) is 48.5 Å². The van der Waals surface area contributed by atoms with E-state index in [1.54, 1.807) is 7.11 Å². The van der Waals surface area contributed by atoms with Gasteiger partial charge < -0.3 is 20.3 Å². The molecule has 0 aliphatic carbocycles. The van der Waals surface area contributed by atoms with Crippen LogP contribution in [0, 0.1) is 0 Å². The number of carbonyl (C=O) groups is 2. The van der Waals surface area contributed by atoms with E-state index in [1.165, 1.54) is 0 Å². The summed E-state index contributed by atoms with van der Waals surface area (Å²) in [5.41, 5.74) is 2.80. The number of nitrogens with one attached hydrogen (secondary N) is 2. The van der Waals surface area contributed by atoms with Gasteiger partial charge in [-0.15, -0.1) is 0 Å². The summed E-state index contributed by atoms with van der Waals surface area (Å²) in [5, 5.41) is 5.41. The Labute approximate surface area is 154 Å². The van der Waals surface area contributed by atoms with E-state index in [9.17, 15) is 9.59 Å². The van der Waals surface area contributed by atoms with Gasteiger partial charge in [-0.05, 0) is 48.4 Å². The normalized spacial score (nSPS) is 10.1. The zero-order valence-electron chi connectivity index (χ0n) is 15.4. The summed E-state index contributed by atoms with van der Waals surface area (Å²) in [7, 11) is 5.52. The highest BCUT2D eigenvalue weighted by molar-refractivity contribution is 5.94. The summed E-state index contributed by atoms with van der Waals surface area (Å²) in [5.74, 6) is 0.382. The number of benzene rings is 2. The molecule has 6 nitrogen and oxygen atoms in total. The molecule has 0 bridgehead atoms. The molecule has 0 aliphatic rings. The lowest BCUT2D eigenvalue weighted by Gasteiger charge is -2.13. The average Bonchev–Trinajstić information content (AvgIpc) is 2.65. The van der Waals surface area contributed by atoms with Gasteiger partial charge in [-0.2, -0.15) is 0 Å².